The Bertz CT molecular complexity index is 1860. The smallest absolute Gasteiger partial charge is 0.357 e. The molecule has 0 saturated heterocycles. The van der Waals surface area contributed by atoms with Gasteiger partial charge in [-0.15, -0.1) is 11.3 Å². The van der Waals surface area contributed by atoms with Crippen LogP contribution in [-0.4, -0.2) is 52.4 Å². The minimum absolute atomic E-state index is 0.0494. The molecule has 238 valence electrons. The summed E-state index contributed by atoms with van der Waals surface area (Å²) in [4.78, 5) is 43.2. The first kappa shape index (κ1) is 33.4. The quantitative estimate of drug-likeness (QED) is 0.114. The van der Waals surface area contributed by atoms with Crippen molar-refractivity contribution in [1.29, 1.82) is 0 Å². The van der Waals surface area contributed by atoms with Gasteiger partial charge in [-0.1, -0.05) is 29.0 Å². The van der Waals surface area contributed by atoms with Gasteiger partial charge < -0.3 is 30.7 Å². The van der Waals surface area contributed by atoms with Crippen LogP contribution in [0.3, 0.4) is 0 Å². The molecule has 6 N–H and O–H groups in total. The summed E-state index contributed by atoms with van der Waals surface area (Å²) in [6.07, 6.45) is 0. The summed E-state index contributed by atoms with van der Waals surface area (Å²) in [6, 6.07) is 17.7. The molecule has 2 amide bonds. The van der Waals surface area contributed by atoms with E-state index in [-0.39, 0.29) is 21.4 Å². The largest absolute Gasteiger partial charge is 0.497 e. The van der Waals surface area contributed by atoms with Gasteiger partial charge in [0.2, 0.25) is 0 Å². The molecule has 2 aromatic heterocycles. The van der Waals surface area contributed by atoms with E-state index in [1.54, 1.807) is 50.6 Å². The molecule has 0 radical (unpaired) electrons. The van der Waals surface area contributed by atoms with Gasteiger partial charge in [0.1, 0.15) is 32.3 Å². The first-order chi connectivity index (χ1) is 21.9. The number of carbonyl (C=O) groups is 3. The number of benzene rings is 3. The van der Waals surface area contributed by atoms with E-state index in [1.165, 1.54) is 0 Å². The first-order valence-electron chi connectivity index (χ1n) is 13.6. The third kappa shape index (κ3) is 7.97. The number of carboxylic acids is 2. The number of amides is 2. The number of thiazole rings is 2. The molecule has 14 heteroatoms. The van der Waals surface area contributed by atoms with Gasteiger partial charge in [-0.05, 0) is 80.4 Å². The average Bonchev–Trinajstić information content (AvgIpc) is 3.63. The number of nitrogens with zero attached hydrogens (tertiary/aromatic N) is 2. The van der Waals surface area contributed by atoms with Crippen LogP contribution in [0.25, 0.3) is 21.1 Å². The minimum atomic E-state index is -1.21. The lowest BCUT2D eigenvalue weighted by Crippen LogP contribution is -2.21. The van der Waals surface area contributed by atoms with Crippen molar-refractivity contribution in [2.45, 2.75) is 20.8 Å². The first-order valence-corrected chi connectivity index (χ1v) is 15.2. The van der Waals surface area contributed by atoms with Crippen LogP contribution in [-0.2, 0) is 0 Å². The summed E-state index contributed by atoms with van der Waals surface area (Å²) in [5, 5.41) is 25.0. The summed E-state index contributed by atoms with van der Waals surface area (Å²) in [5.74, 6) is -0.797. The summed E-state index contributed by atoms with van der Waals surface area (Å²) < 4.78 is 10.2. The number of nitrogens with two attached hydrogens (primary N) is 1. The fourth-order valence-electron chi connectivity index (χ4n) is 4.37. The van der Waals surface area contributed by atoms with Gasteiger partial charge in [0.15, 0.2) is 10.6 Å². The summed E-state index contributed by atoms with van der Waals surface area (Å²) >= 11 is 2.16. The van der Waals surface area contributed by atoms with Gasteiger partial charge in [-0.2, -0.15) is 0 Å². The third-order valence-corrected chi connectivity index (χ3v) is 8.62. The Morgan fingerprint density at radius 2 is 1.24 bits per heavy atom. The monoisotopic (exact) mass is 661 g/mol. The third-order valence-electron chi connectivity index (χ3n) is 6.49. The van der Waals surface area contributed by atoms with Gasteiger partial charge in [-0.25, -0.2) is 24.4 Å². The fourth-order valence-corrected chi connectivity index (χ4v) is 6.16. The molecular formula is C32H31N5O7S2. The van der Waals surface area contributed by atoms with Crippen molar-refractivity contribution in [3.05, 3.63) is 87.9 Å². The predicted octanol–water partition coefficient (Wildman–Crippen LogP) is 7.19. The number of aryl methyl sites for hydroxylation is 3. The van der Waals surface area contributed by atoms with Crippen molar-refractivity contribution in [3.8, 4) is 32.6 Å². The zero-order valence-electron chi connectivity index (χ0n) is 25.5. The van der Waals surface area contributed by atoms with Crippen molar-refractivity contribution in [2.75, 3.05) is 30.6 Å². The Morgan fingerprint density at radius 3 is 1.67 bits per heavy atom. The molecule has 2 heterocycles. The zero-order valence-corrected chi connectivity index (χ0v) is 27.1. The number of rotatable bonds is 8. The van der Waals surface area contributed by atoms with E-state index in [0.717, 1.165) is 56.2 Å². The van der Waals surface area contributed by atoms with Gasteiger partial charge in [0.05, 0.1) is 14.2 Å². The van der Waals surface area contributed by atoms with Crippen LogP contribution in [0.2, 0.25) is 0 Å². The van der Waals surface area contributed by atoms with Crippen LogP contribution in [0.5, 0.6) is 11.5 Å². The van der Waals surface area contributed by atoms with Gasteiger partial charge in [-0.3, -0.25) is 5.32 Å². The molecule has 5 rings (SSSR count). The van der Waals surface area contributed by atoms with E-state index in [1.807, 2.05) is 45.0 Å². The highest BCUT2D eigenvalue weighted by atomic mass is 32.1. The van der Waals surface area contributed by atoms with Gasteiger partial charge in [0.25, 0.3) is 0 Å². The maximum atomic E-state index is 12.5. The molecule has 0 fully saturated rings. The fraction of sp³-hybridized carbons (Fsp3) is 0.156. The van der Waals surface area contributed by atoms with Crippen molar-refractivity contribution in [1.82, 2.24) is 9.97 Å². The average molecular weight is 662 g/mol. The van der Waals surface area contributed by atoms with Gasteiger partial charge >= 0.3 is 18.0 Å². The van der Waals surface area contributed by atoms with E-state index in [4.69, 9.17) is 20.3 Å². The second kappa shape index (κ2) is 14.5. The molecule has 0 bridgehead atoms. The molecular weight excluding hydrogens is 631 g/mol. The molecule has 3 aromatic carbocycles. The lowest BCUT2D eigenvalue weighted by molar-refractivity contribution is 0.0685. The highest BCUT2D eigenvalue weighted by Crippen LogP contribution is 2.34. The molecule has 46 heavy (non-hydrogen) atoms. The number of carboxylic acid groups (broad SMARTS) is 2. The number of nitrogens with one attached hydrogen (secondary N) is 2. The van der Waals surface area contributed by atoms with E-state index in [9.17, 15) is 19.5 Å². The predicted molar refractivity (Wildman–Crippen MR) is 180 cm³/mol. The van der Waals surface area contributed by atoms with E-state index in [0.29, 0.717) is 21.5 Å². The van der Waals surface area contributed by atoms with Crippen LogP contribution in [0.1, 0.15) is 36.9 Å². The molecule has 12 nitrogen and oxygen atoms in total. The Hall–Kier alpha value is -5.47. The Kier molecular flexibility index (Phi) is 10.6. The Labute approximate surface area is 272 Å². The summed E-state index contributed by atoms with van der Waals surface area (Å²) in [7, 11) is 3.15. The molecule has 5 aromatic rings. The molecule has 0 saturated carbocycles. The Balaban J connectivity index is 0.000000240. The van der Waals surface area contributed by atoms with Crippen LogP contribution in [0, 0.1) is 20.8 Å². The Morgan fingerprint density at radius 1 is 0.739 bits per heavy atom. The normalized spacial score (nSPS) is 10.4. The van der Waals surface area contributed by atoms with Crippen molar-refractivity contribution in [3.63, 3.8) is 0 Å². The van der Waals surface area contributed by atoms with Crippen LogP contribution in [0.4, 0.5) is 21.3 Å². The summed E-state index contributed by atoms with van der Waals surface area (Å²) in [5.41, 5.74) is 10.5. The number of hydrogen-bond donors (Lipinski definition) is 5. The second-order valence-electron chi connectivity index (χ2n) is 9.85. The molecule has 0 aliphatic carbocycles. The number of hydrogen-bond acceptors (Lipinski definition) is 10. The lowest BCUT2D eigenvalue weighted by Gasteiger charge is -2.13. The SMILES string of the molecule is COc1ccc(-c2nc(C(=O)O)c(NC(=O)Nc3c(C)cc(C)cc3C)s2)cc1.COc1ccc(-c2nc(N)c(C(=O)O)s2)cc1. The van der Waals surface area contributed by atoms with Crippen LogP contribution >= 0.6 is 22.7 Å². The van der Waals surface area contributed by atoms with E-state index in [2.05, 4.69) is 20.6 Å². The van der Waals surface area contributed by atoms with Crippen LogP contribution < -0.4 is 25.8 Å². The highest BCUT2D eigenvalue weighted by Gasteiger charge is 2.21. The van der Waals surface area contributed by atoms with E-state index < -0.39 is 18.0 Å². The topological polar surface area (TPSA) is 186 Å². The second-order valence-corrected chi connectivity index (χ2v) is 11.8. The number of nitrogen functional groups attached to an aromatic ring is 1. The zero-order chi connectivity index (χ0) is 33.5. The van der Waals surface area contributed by atoms with E-state index >= 15 is 0 Å². The maximum absolute atomic E-state index is 12.5. The molecule has 0 unspecified atom stereocenters. The van der Waals surface area contributed by atoms with Crippen LogP contribution in [0.15, 0.2) is 60.7 Å². The number of urea groups is 1. The number of aromatic carboxylic acids is 2. The minimum Gasteiger partial charge on any atom is -0.497 e. The molecule has 0 spiro atoms. The van der Waals surface area contributed by atoms with Gasteiger partial charge in [0, 0.05) is 16.8 Å². The maximum Gasteiger partial charge on any atom is 0.357 e. The molecule has 0 aliphatic rings. The number of ether oxygens (including phenoxy) is 2. The van der Waals surface area contributed by atoms with Crippen molar-refractivity contribution < 1.29 is 34.1 Å². The van der Waals surface area contributed by atoms with Crippen molar-refractivity contribution in [2.24, 2.45) is 0 Å². The molecule has 0 aliphatic heterocycles. The standard InChI is InChI=1S/C21H21N3O4S.C11H10N2O3S/c1-11-9-12(2)16(13(3)10-11)23-21(27)24-19-17(20(25)26)22-18(29-19)14-5-7-15(28-4)8-6-14;1-16-7-4-2-6(3-5-7)10-13-9(12)8(17-10)11(14)15/h5-10H,1-4H3,(H,25,26)(H2,23,24,27);2-5H,12H2,1H3,(H,14,15). The summed E-state index contributed by atoms with van der Waals surface area (Å²) in [6.45, 7) is 5.81. The number of anilines is 3. The lowest BCUT2D eigenvalue weighted by atomic mass is 10.1. The highest BCUT2D eigenvalue weighted by molar-refractivity contribution is 7.19. The number of methoxy groups -OCH3 is 2. The number of aromatic nitrogens is 2. The molecule has 0 atom stereocenters. The van der Waals surface area contributed by atoms with Crippen molar-refractivity contribution >= 4 is 57.1 Å². The number of carbonyl (C=O) groups excluding carboxylic acids is 1.